The second kappa shape index (κ2) is 5.11. The van der Waals surface area contributed by atoms with Gasteiger partial charge in [-0.3, -0.25) is 4.79 Å². The fourth-order valence-electron chi connectivity index (χ4n) is 1.99. The lowest BCUT2D eigenvalue weighted by molar-refractivity contribution is -0.133. The second-order valence-corrected chi connectivity index (χ2v) is 5.82. The summed E-state index contributed by atoms with van der Waals surface area (Å²) in [6.45, 7) is 8.53. The normalized spacial score (nSPS) is 27.7. The highest BCUT2D eigenvalue weighted by Crippen LogP contribution is 2.29. The lowest BCUT2D eigenvalue weighted by Gasteiger charge is -2.26. The Morgan fingerprint density at radius 2 is 1.73 bits per heavy atom. The smallest absolute Gasteiger partial charge is 0.161 e. The van der Waals surface area contributed by atoms with Gasteiger partial charge in [0.2, 0.25) is 0 Å². The Bertz CT molecular complexity index is 207. The third-order valence-electron chi connectivity index (χ3n) is 3.12. The summed E-state index contributed by atoms with van der Waals surface area (Å²) < 4.78 is 5.52. The Hall–Kier alpha value is -0.370. The van der Waals surface area contributed by atoms with Crippen molar-refractivity contribution in [3.63, 3.8) is 0 Å². The van der Waals surface area contributed by atoms with Crippen molar-refractivity contribution in [1.29, 1.82) is 0 Å². The van der Waals surface area contributed by atoms with E-state index in [1.807, 2.05) is 20.8 Å². The van der Waals surface area contributed by atoms with E-state index in [4.69, 9.17) is 4.74 Å². The molecule has 1 aliphatic rings. The van der Waals surface area contributed by atoms with Crippen molar-refractivity contribution in [3.8, 4) is 0 Å². The summed E-state index contributed by atoms with van der Waals surface area (Å²) in [5.74, 6) is 1.37. The van der Waals surface area contributed by atoms with E-state index in [0.717, 1.165) is 18.8 Å². The van der Waals surface area contributed by atoms with Crippen LogP contribution in [0.3, 0.4) is 0 Å². The minimum Gasteiger partial charge on any atom is -0.368 e. The molecule has 0 aromatic heterocycles. The van der Waals surface area contributed by atoms with Gasteiger partial charge in [-0.2, -0.15) is 0 Å². The van der Waals surface area contributed by atoms with Gasteiger partial charge >= 0.3 is 0 Å². The van der Waals surface area contributed by atoms with Gasteiger partial charge in [-0.05, 0) is 39.5 Å². The predicted molar refractivity (Wildman–Crippen MR) is 61.8 cm³/mol. The first-order chi connectivity index (χ1) is 6.88. The van der Waals surface area contributed by atoms with Crippen molar-refractivity contribution in [1.82, 2.24) is 0 Å². The van der Waals surface area contributed by atoms with Crippen molar-refractivity contribution < 1.29 is 9.53 Å². The number of Topliss-reactive ketones (excluding diaryl/α,β-unsaturated/α-hetero) is 1. The Labute approximate surface area is 93.4 Å². The number of carbonyl (C=O) groups excluding carboxylic acids is 1. The molecule has 1 rings (SSSR count). The summed E-state index contributed by atoms with van der Waals surface area (Å²) in [6, 6.07) is 0. The van der Waals surface area contributed by atoms with E-state index < -0.39 is 0 Å². The first-order valence-corrected chi connectivity index (χ1v) is 6.05. The second-order valence-electron chi connectivity index (χ2n) is 5.82. The molecular formula is C13H24O2. The van der Waals surface area contributed by atoms with Gasteiger partial charge in [0.25, 0.3) is 0 Å². The largest absolute Gasteiger partial charge is 0.368 e. The monoisotopic (exact) mass is 212 g/mol. The van der Waals surface area contributed by atoms with E-state index in [2.05, 4.69) is 6.92 Å². The zero-order valence-electron chi connectivity index (χ0n) is 10.5. The minimum atomic E-state index is -0.197. The van der Waals surface area contributed by atoms with Crippen LogP contribution in [0, 0.1) is 11.8 Å². The quantitative estimate of drug-likeness (QED) is 0.718. The van der Waals surface area contributed by atoms with Gasteiger partial charge in [0.1, 0.15) is 6.61 Å². The molecule has 0 bridgehead atoms. The van der Waals surface area contributed by atoms with Crippen molar-refractivity contribution in [2.45, 2.75) is 59.0 Å². The van der Waals surface area contributed by atoms with Crippen molar-refractivity contribution >= 4 is 5.78 Å². The van der Waals surface area contributed by atoms with Gasteiger partial charge in [-0.1, -0.05) is 19.8 Å². The topological polar surface area (TPSA) is 26.3 Å². The predicted octanol–water partition coefficient (Wildman–Crippen LogP) is 3.20. The highest BCUT2D eigenvalue weighted by molar-refractivity contribution is 5.82. The highest BCUT2D eigenvalue weighted by Gasteiger charge is 2.25. The number of hydrogen-bond acceptors (Lipinski definition) is 2. The van der Waals surface area contributed by atoms with E-state index in [1.165, 1.54) is 12.8 Å². The summed E-state index contributed by atoms with van der Waals surface area (Å²) in [6.07, 6.45) is 4.53. The van der Waals surface area contributed by atoms with Gasteiger partial charge < -0.3 is 4.74 Å². The van der Waals surface area contributed by atoms with Crippen LogP contribution in [0.4, 0.5) is 0 Å². The number of hydrogen-bond donors (Lipinski definition) is 0. The van der Waals surface area contributed by atoms with Crippen LogP contribution in [0.25, 0.3) is 0 Å². The highest BCUT2D eigenvalue weighted by atomic mass is 16.5. The zero-order chi connectivity index (χ0) is 11.5. The van der Waals surface area contributed by atoms with E-state index in [9.17, 15) is 4.79 Å². The number of carbonyl (C=O) groups is 1. The fraction of sp³-hybridized carbons (Fsp3) is 0.923. The van der Waals surface area contributed by atoms with Gasteiger partial charge in [0.05, 0.1) is 5.60 Å². The molecule has 0 saturated heterocycles. The average molecular weight is 212 g/mol. The van der Waals surface area contributed by atoms with Crippen LogP contribution in [0.2, 0.25) is 0 Å². The van der Waals surface area contributed by atoms with Crippen LogP contribution < -0.4 is 0 Å². The molecule has 0 unspecified atom stereocenters. The van der Waals surface area contributed by atoms with Gasteiger partial charge in [0, 0.05) is 5.92 Å². The van der Waals surface area contributed by atoms with Crippen LogP contribution >= 0.6 is 0 Å². The molecule has 1 fully saturated rings. The molecular weight excluding hydrogens is 188 g/mol. The third-order valence-corrected chi connectivity index (χ3v) is 3.12. The van der Waals surface area contributed by atoms with E-state index in [1.54, 1.807) is 0 Å². The molecule has 2 heteroatoms. The maximum atomic E-state index is 11.8. The maximum absolute atomic E-state index is 11.8. The molecule has 0 atom stereocenters. The summed E-state index contributed by atoms with van der Waals surface area (Å²) in [7, 11) is 0. The van der Waals surface area contributed by atoms with Crippen LogP contribution in [0.1, 0.15) is 53.4 Å². The first kappa shape index (κ1) is 12.7. The van der Waals surface area contributed by atoms with E-state index >= 15 is 0 Å². The molecule has 0 aliphatic heterocycles. The Balaban J connectivity index is 2.29. The molecule has 0 radical (unpaired) electrons. The number of ether oxygens (including phenoxy) is 1. The molecule has 88 valence electrons. The van der Waals surface area contributed by atoms with Crippen molar-refractivity contribution in [2.24, 2.45) is 11.8 Å². The molecule has 1 saturated carbocycles. The van der Waals surface area contributed by atoms with Crippen LogP contribution in [0.5, 0.6) is 0 Å². The number of rotatable bonds is 3. The molecule has 0 aromatic rings. The lowest BCUT2D eigenvalue weighted by atomic mass is 9.81. The zero-order valence-corrected chi connectivity index (χ0v) is 10.5. The molecule has 0 amide bonds. The van der Waals surface area contributed by atoms with Crippen molar-refractivity contribution in [3.05, 3.63) is 0 Å². The van der Waals surface area contributed by atoms with Gasteiger partial charge in [0.15, 0.2) is 5.78 Å². The summed E-state index contributed by atoms with van der Waals surface area (Å²) in [5.41, 5.74) is -0.197. The van der Waals surface area contributed by atoms with E-state index in [-0.39, 0.29) is 11.5 Å². The summed E-state index contributed by atoms with van der Waals surface area (Å²) in [4.78, 5) is 11.8. The number of ketones is 1. The maximum Gasteiger partial charge on any atom is 0.161 e. The Morgan fingerprint density at radius 3 is 2.20 bits per heavy atom. The Morgan fingerprint density at radius 1 is 1.20 bits per heavy atom. The van der Waals surface area contributed by atoms with Crippen LogP contribution in [-0.2, 0) is 9.53 Å². The van der Waals surface area contributed by atoms with Crippen molar-refractivity contribution in [2.75, 3.05) is 6.61 Å². The third kappa shape index (κ3) is 4.78. The van der Waals surface area contributed by atoms with Gasteiger partial charge in [-0.15, -0.1) is 0 Å². The Kier molecular flexibility index (Phi) is 4.32. The fourth-order valence-corrected chi connectivity index (χ4v) is 1.99. The minimum absolute atomic E-state index is 0.197. The van der Waals surface area contributed by atoms with Gasteiger partial charge in [-0.25, -0.2) is 0 Å². The molecule has 0 heterocycles. The summed E-state index contributed by atoms with van der Waals surface area (Å²) in [5, 5.41) is 0. The molecule has 0 aromatic carbocycles. The molecule has 15 heavy (non-hydrogen) atoms. The molecule has 0 N–H and O–H groups in total. The van der Waals surface area contributed by atoms with Crippen LogP contribution in [0.15, 0.2) is 0 Å². The molecule has 2 nitrogen and oxygen atoms in total. The molecule has 0 spiro atoms. The standard InChI is InChI=1S/C13H24O2/c1-10-5-7-11(8-6-10)12(14)9-15-13(2,3)4/h10-11H,5-9H2,1-4H3. The lowest BCUT2D eigenvalue weighted by Crippen LogP contribution is -2.29. The van der Waals surface area contributed by atoms with Crippen LogP contribution in [-0.4, -0.2) is 18.0 Å². The first-order valence-electron chi connectivity index (χ1n) is 6.05. The van der Waals surface area contributed by atoms with E-state index in [0.29, 0.717) is 12.4 Å². The average Bonchev–Trinajstić information content (AvgIpc) is 2.14. The SMILES string of the molecule is CC1CCC(C(=O)COC(C)(C)C)CC1. The summed E-state index contributed by atoms with van der Waals surface area (Å²) >= 11 is 0. The molecule has 1 aliphatic carbocycles.